The smallest absolute Gasteiger partial charge is 0.272 e. The molecule has 0 heterocycles. The Bertz CT molecular complexity index is 779. The van der Waals surface area contributed by atoms with Crippen molar-refractivity contribution in [3.8, 4) is 0 Å². The summed E-state index contributed by atoms with van der Waals surface area (Å²) < 4.78 is 5.30. The molecule has 0 spiro atoms. The molecule has 0 saturated carbocycles. The molecule has 0 bridgehead atoms. The summed E-state index contributed by atoms with van der Waals surface area (Å²) in [6.07, 6.45) is -0.0725. The van der Waals surface area contributed by atoms with E-state index in [1.54, 1.807) is 6.07 Å². The number of nitro benzene ring substituents is 1. The van der Waals surface area contributed by atoms with Crippen LogP contribution in [0.3, 0.4) is 0 Å². The number of carbonyl (C=O) groups excluding carboxylic acids is 2. The zero-order valence-corrected chi connectivity index (χ0v) is 14.0. The van der Waals surface area contributed by atoms with Crippen LogP contribution >= 0.6 is 0 Å². The first-order valence-corrected chi connectivity index (χ1v) is 7.90. The van der Waals surface area contributed by atoms with Gasteiger partial charge in [0.1, 0.15) is 12.6 Å². The lowest BCUT2D eigenvalue weighted by Gasteiger charge is -2.15. The highest BCUT2D eigenvalue weighted by Gasteiger charge is 2.23. The Balaban J connectivity index is 1.92. The number of hydrogen-bond acceptors (Lipinski definition) is 5. The van der Waals surface area contributed by atoms with Gasteiger partial charge in [-0.3, -0.25) is 19.7 Å². The van der Waals surface area contributed by atoms with Crippen molar-refractivity contribution < 1.29 is 19.2 Å². The van der Waals surface area contributed by atoms with E-state index < -0.39 is 22.8 Å². The molecule has 2 amide bonds. The van der Waals surface area contributed by atoms with Crippen LogP contribution in [-0.4, -0.2) is 29.4 Å². The van der Waals surface area contributed by atoms with Gasteiger partial charge in [0.2, 0.25) is 11.8 Å². The van der Waals surface area contributed by atoms with E-state index in [0.717, 1.165) is 5.56 Å². The van der Waals surface area contributed by atoms with Crippen molar-refractivity contribution in [3.05, 3.63) is 75.8 Å². The largest absolute Gasteiger partial charge is 0.368 e. The number of para-hydroxylation sites is 1. The Morgan fingerprint density at radius 1 is 1.12 bits per heavy atom. The normalized spacial score (nSPS) is 11.5. The van der Waals surface area contributed by atoms with Crippen molar-refractivity contribution >= 4 is 17.5 Å². The maximum Gasteiger partial charge on any atom is 0.272 e. The van der Waals surface area contributed by atoms with Gasteiger partial charge in [0, 0.05) is 18.1 Å². The molecule has 2 aromatic rings. The molecule has 0 aromatic heterocycles. The lowest BCUT2D eigenvalue weighted by Crippen LogP contribution is -2.47. The third-order valence-electron chi connectivity index (χ3n) is 3.64. The fourth-order valence-corrected chi connectivity index (χ4v) is 2.38. The van der Waals surface area contributed by atoms with Crippen LogP contribution in [0.2, 0.25) is 0 Å². The number of nitro groups is 1. The molecule has 0 radical (unpaired) electrons. The van der Waals surface area contributed by atoms with Gasteiger partial charge in [0.05, 0.1) is 11.5 Å². The Morgan fingerprint density at radius 3 is 2.42 bits per heavy atom. The second-order valence-corrected chi connectivity index (χ2v) is 5.59. The lowest BCUT2D eigenvalue weighted by molar-refractivity contribution is -0.385. The third kappa shape index (κ3) is 5.67. The number of primary amides is 1. The molecule has 0 unspecified atom stereocenters. The van der Waals surface area contributed by atoms with E-state index in [1.807, 2.05) is 30.3 Å². The van der Waals surface area contributed by atoms with Crippen LogP contribution in [0.1, 0.15) is 11.1 Å². The van der Waals surface area contributed by atoms with Gasteiger partial charge in [-0.1, -0.05) is 48.5 Å². The first-order valence-electron chi connectivity index (χ1n) is 7.90. The summed E-state index contributed by atoms with van der Waals surface area (Å²) >= 11 is 0. The topological polar surface area (TPSA) is 125 Å². The number of nitrogens with two attached hydrogens (primary N) is 1. The minimum Gasteiger partial charge on any atom is -0.368 e. The summed E-state index contributed by atoms with van der Waals surface area (Å²) in [6, 6.07) is 14.2. The van der Waals surface area contributed by atoms with Crippen LogP contribution in [-0.2, 0) is 27.4 Å². The van der Waals surface area contributed by atoms with E-state index in [4.69, 9.17) is 10.5 Å². The van der Waals surface area contributed by atoms with Gasteiger partial charge in [0.15, 0.2) is 0 Å². The van der Waals surface area contributed by atoms with Crippen molar-refractivity contribution in [2.75, 3.05) is 6.61 Å². The van der Waals surface area contributed by atoms with Crippen LogP contribution in [0.15, 0.2) is 54.6 Å². The Hall–Kier alpha value is -3.26. The molecule has 26 heavy (non-hydrogen) atoms. The van der Waals surface area contributed by atoms with Gasteiger partial charge >= 0.3 is 0 Å². The number of benzene rings is 2. The Labute approximate surface area is 150 Å². The lowest BCUT2D eigenvalue weighted by atomic mass is 10.0. The van der Waals surface area contributed by atoms with Gasteiger partial charge in [-0.15, -0.1) is 0 Å². The number of ether oxygens (including phenoxy) is 1. The second-order valence-electron chi connectivity index (χ2n) is 5.59. The minimum absolute atomic E-state index is 0.0725. The summed E-state index contributed by atoms with van der Waals surface area (Å²) in [6.45, 7) is -0.00475. The highest BCUT2D eigenvalue weighted by atomic mass is 16.6. The SMILES string of the molecule is NC(=O)[C@H](Cc1ccccc1[N+](=O)[O-])NC(=O)COCc1ccccc1. The molecule has 8 nitrogen and oxygen atoms in total. The van der Waals surface area contributed by atoms with Crippen LogP contribution in [0.4, 0.5) is 5.69 Å². The number of carbonyl (C=O) groups is 2. The highest BCUT2D eigenvalue weighted by molar-refractivity contribution is 5.87. The zero-order valence-electron chi connectivity index (χ0n) is 14.0. The molecular weight excluding hydrogens is 338 g/mol. The molecule has 136 valence electrons. The molecule has 8 heteroatoms. The number of hydrogen-bond donors (Lipinski definition) is 2. The van der Waals surface area contributed by atoms with E-state index in [-0.39, 0.29) is 25.3 Å². The number of nitrogens with zero attached hydrogens (tertiary/aromatic N) is 1. The van der Waals surface area contributed by atoms with Gasteiger partial charge in [-0.05, 0) is 5.56 Å². The van der Waals surface area contributed by atoms with Crippen molar-refractivity contribution in [1.29, 1.82) is 0 Å². The maximum atomic E-state index is 12.0. The predicted octanol–water partition coefficient (Wildman–Crippen LogP) is 1.32. The maximum absolute atomic E-state index is 12.0. The molecule has 0 saturated heterocycles. The summed E-state index contributed by atoms with van der Waals surface area (Å²) in [5, 5.41) is 13.5. The van der Waals surface area contributed by atoms with Crippen molar-refractivity contribution in [2.24, 2.45) is 5.73 Å². The molecule has 3 N–H and O–H groups in total. The quantitative estimate of drug-likeness (QED) is 0.517. The van der Waals surface area contributed by atoms with Gasteiger partial charge in [-0.25, -0.2) is 0 Å². The molecule has 0 fully saturated rings. The average Bonchev–Trinajstić information content (AvgIpc) is 2.62. The molecule has 2 aromatic carbocycles. The fraction of sp³-hybridized carbons (Fsp3) is 0.222. The number of nitrogens with one attached hydrogen (secondary N) is 1. The van der Waals surface area contributed by atoms with E-state index in [1.165, 1.54) is 18.2 Å². The molecule has 0 aliphatic carbocycles. The first-order chi connectivity index (χ1) is 12.5. The van der Waals surface area contributed by atoms with E-state index in [0.29, 0.717) is 5.56 Å². The average molecular weight is 357 g/mol. The van der Waals surface area contributed by atoms with E-state index >= 15 is 0 Å². The summed E-state index contributed by atoms with van der Waals surface area (Å²) in [5.74, 6) is -1.30. The van der Waals surface area contributed by atoms with E-state index in [9.17, 15) is 19.7 Å². The van der Waals surface area contributed by atoms with Crippen molar-refractivity contribution in [1.82, 2.24) is 5.32 Å². The summed E-state index contributed by atoms with van der Waals surface area (Å²) in [5.41, 5.74) is 6.40. The zero-order chi connectivity index (χ0) is 18.9. The van der Waals surface area contributed by atoms with Crippen LogP contribution in [0.25, 0.3) is 0 Å². The molecule has 2 rings (SSSR count). The fourth-order valence-electron chi connectivity index (χ4n) is 2.38. The number of amides is 2. The molecule has 1 atom stereocenters. The van der Waals surface area contributed by atoms with Crippen LogP contribution < -0.4 is 11.1 Å². The highest BCUT2D eigenvalue weighted by Crippen LogP contribution is 2.19. The van der Waals surface area contributed by atoms with Crippen molar-refractivity contribution in [2.45, 2.75) is 19.1 Å². The Morgan fingerprint density at radius 2 is 1.77 bits per heavy atom. The Kier molecular flexibility index (Phi) is 6.81. The molecule has 0 aliphatic heterocycles. The van der Waals surface area contributed by atoms with Crippen molar-refractivity contribution in [3.63, 3.8) is 0 Å². The third-order valence-corrected chi connectivity index (χ3v) is 3.64. The molecule has 0 aliphatic rings. The van der Waals surface area contributed by atoms with E-state index in [2.05, 4.69) is 5.32 Å². The predicted molar refractivity (Wildman–Crippen MR) is 94.0 cm³/mol. The number of rotatable bonds is 9. The van der Waals surface area contributed by atoms with Crippen LogP contribution in [0.5, 0.6) is 0 Å². The molecular formula is C18H19N3O5. The summed E-state index contributed by atoms with van der Waals surface area (Å²) in [7, 11) is 0. The first kappa shape index (κ1) is 19.1. The standard InChI is InChI=1S/C18H19N3O5/c19-18(23)15(10-14-8-4-5-9-16(14)21(24)25)20-17(22)12-26-11-13-6-2-1-3-7-13/h1-9,15H,10-12H2,(H2,19,23)(H,20,22)/t15-/m0/s1. The monoisotopic (exact) mass is 357 g/mol. The second kappa shape index (κ2) is 9.28. The summed E-state index contributed by atoms with van der Waals surface area (Å²) in [4.78, 5) is 34.1. The van der Waals surface area contributed by atoms with Gasteiger partial charge < -0.3 is 15.8 Å². The van der Waals surface area contributed by atoms with Gasteiger partial charge in [-0.2, -0.15) is 0 Å². The van der Waals surface area contributed by atoms with Gasteiger partial charge in [0.25, 0.3) is 5.69 Å². The minimum atomic E-state index is -1.07. The van der Waals surface area contributed by atoms with Crippen LogP contribution in [0, 0.1) is 10.1 Å².